The Morgan fingerprint density at radius 2 is 2.00 bits per heavy atom. The predicted octanol–water partition coefficient (Wildman–Crippen LogP) is 3.13. The van der Waals surface area contributed by atoms with Crippen molar-refractivity contribution in [3.8, 4) is 5.75 Å². The van der Waals surface area contributed by atoms with Crippen LogP contribution in [0, 0.1) is 0 Å². The number of ether oxygens (including phenoxy) is 1. The number of carbonyl (C=O) groups is 1. The van der Waals surface area contributed by atoms with Crippen molar-refractivity contribution in [2.75, 3.05) is 0 Å². The van der Waals surface area contributed by atoms with Crippen molar-refractivity contribution < 1.29 is 18.3 Å². The monoisotopic (exact) mass is 280 g/mol. The Bertz CT molecular complexity index is 579. The SMILES string of the molecule is CCCn1cc(C(=O)c2ccc(OC(F)F)cc2)cn1. The molecule has 6 heteroatoms. The van der Waals surface area contributed by atoms with Crippen LogP contribution in [-0.2, 0) is 6.54 Å². The third kappa shape index (κ3) is 3.40. The van der Waals surface area contributed by atoms with Crippen molar-refractivity contribution in [1.29, 1.82) is 0 Å². The molecule has 20 heavy (non-hydrogen) atoms. The highest BCUT2D eigenvalue weighted by atomic mass is 19.3. The van der Waals surface area contributed by atoms with Crippen LogP contribution in [0.5, 0.6) is 5.75 Å². The van der Waals surface area contributed by atoms with Gasteiger partial charge in [0, 0.05) is 18.3 Å². The van der Waals surface area contributed by atoms with Crippen LogP contribution in [0.4, 0.5) is 8.78 Å². The molecule has 2 rings (SSSR count). The first-order valence-electron chi connectivity index (χ1n) is 6.22. The lowest BCUT2D eigenvalue weighted by Gasteiger charge is -2.04. The molecule has 0 N–H and O–H groups in total. The minimum Gasteiger partial charge on any atom is -0.435 e. The summed E-state index contributed by atoms with van der Waals surface area (Å²) in [6, 6.07) is 5.60. The van der Waals surface area contributed by atoms with Gasteiger partial charge in [-0.2, -0.15) is 13.9 Å². The molecule has 0 amide bonds. The van der Waals surface area contributed by atoms with Gasteiger partial charge in [-0.05, 0) is 30.7 Å². The molecule has 1 aromatic carbocycles. The normalized spacial score (nSPS) is 10.8. The standard InChI is InChI=1S/C14H14F2N2O2/c1-2-7-18-9-11(8-17-18)13(19)10-3-5-12(6-4-10)20-14(15)16/h3-6,8-9,14H,2,7H2,1H3. The molecule has 0 aliphatic heterocycles. The molecule has 0 aliphatic carbocycles. The van der Waals surface area contributed by atoms with E-state index in [1.165, 1.54) is 30.5 Å². The zero-order valence-corrected chi connectivity index (χ0v) is 10.9. The van der Waals surface area contributed by atoms with Gasteiger partial charge in [0.25, 0.3) is 0 Å². The Morgan fingerprint density at radius 3 is 2.60 bits per heavy atom. The van der Waals surface area contributed by atoms with E-state index >= 15 is 0 Å². The molecule has 0 atom stereocenters. The van der Waals surface area contributed by atoms with Gasteiger partial charge in [-0.25, -0.2) is 0 Å². The molecule has 0 aliphatic rings. The second-order valence-corrected chi connectivity index (χ2v) is 4.22. The predicted molar refractivity (Wildman–Crippen MR) is 69.0 cm³/mol. The van der Waals surface area contributed by atoms with Gasteiger partial charge in [0.2, 0.25) is 0 Å². The van der Waals surface area contributed by atoms with Crippen molar-refractivity contribution in [3.05, 3.63) is 47.8 Å². The minimum absolute atomic E-state index is 0.0261. The van der Waals surface area contributed by atoms with Gasteiger partial charge < -0.3 is 4.74 Å². The largest absolute Gasteiger partial charge is 0.435 e. The molecule has 0 unspecified atom stereocenters. The molecular formula is C14H14F2N2O2. The average molecular weight is 280 g/mol. The Labute approximate surface area is 115 Å². The highest BCUT2D eigenvalue weighted by molar-refractivity contribution is 6.08. The Kier molecular flexibility index (Phi) is 4.45. The van der Waals surface area contributed by atoms with Crippen LogP contribution in [0.2, 0.25) is 0 Å². The van der Waals surface area contributed by atoms with E-state index in [-0.39, 0.29) is 11.5 Å². The number of benzene rings is 1. The lowest BCUT2D eigenvalue weighted by molar-refractivity contribution is -0.0498. The van der Waals surface area contributed by atoms with Crippen LogP contribution in [0.25, 0.3) is 0 Å². The molecule has 0 saturated carbocycles. The molecule has 1 heterocycles. The molecule has 0 bridgehead atoms. The van der Waals surface area contributed by atoms with Crippen LogP contribution in [0.15, 0.2) is 36.7 Å². The average Bonchev–Trinajstić information content (AvgIpc) is 2.87. The van der Waals surface area contributed by atoms with Crippen molar-refractivity contribution >= 4 is 5.78 Å². The number of carbonyl (C=O) groups excluding carboxylic acids is 1. The summed E-state index contributed by atoms with van der Waals surface area (Å²) in [5.74, 6) is -0.172. The Hall–Kier alpha value is -2.24. The topological polar surface area (TPSA) is 44.1 Å². The van der Waals surface area contributed by atoms with Gasteiger partial charge in [-0.3, -0.25) is 9.48 Å². The summed E-state index contributed by atoms with van der Waals surface area (Å²) in [5.41, 5.74) is 0.878. The van der Waals surface area contributed by atoms with E-state index in [9.17, 15) is 13.6 Å². The Balaban J connectivity index is 2.11. The van der Waals surface area contributed by atoms with E-state index in [4.69, 9.17) is 0 Å². The summed E-state index contributed by atoms with van der Waals surface area (Å²) in [4.78, 5) is 12.2. The van der Waals surface area contributed by atoms with Crippen molar-refractivity contribution in [1.82, 2.24) is 9.78 Å². The van der Waals surface area contributed by atoms with Gasteiger partial charge in [0.05, 0.1) is 11.8 Å². The number of nitrogens with zero attached hydrogens (tertiary/aromatic N) is 2. The van der Waals surface area contributed by atoms with Gasteiger partial charge in [-0.15, -0.1) is 0 Å². The summed E-state index contributed by atoms with van der Waals surface area (Å²) in [6.07, 6.45) is 4.10. The third-order valence-electron chi connectivity index (χ3n) is 2.69. The molecule has 0 spiro atoms. The maximum atomic E-state index is 12.2. The first-order valence-corrected chi connectivity index (χ1v) is 6.22. The van der Waals surface area contributed by atoms with E-state index in [1.54, 1.807) is 10.9 Å². The van der Waals surface area contributed by atoms with Crippen molar-refractivity contribution in [3.63, 3.8) is 0 Å². The minimum atomic E-state index is -2.87. The van der Waals surface area contributed by atoms with Crippen molar-refractivity contribution in [2.24, 2.45) is 0 Å². The number of hydrogen-bond donors (Lipinski definition) is 0. The maximum Gasteiger partial charge on any atom is 0.387 e. The molecule has 4 nitrogen and oxygen atoms in total. The maximum absolute atomic E-state index is 12.2. The number of hydrogen-bond acceptors (Lipinski definition) is 3. The van der Waals surface area contributed by atoms with Gasteiger partial charge >= 0.3 is 6.61 Å². The van der Waals surface area contributed by atoms with Crippen LogP contribution < -0.4 is 4.74 Å². The first-order chi connectivity index (χ1) is 9.60. The molecule has 1 aromatic heterocycles. The zero-order chi connectivity index (χ0) is 14.5. The van der Waals surface area contributed by atoms with E-state index in [0.29, 0.717) is 11.1 Å². The summed E-state index contributed by atoms with van der Waals surface area (Å²) in [7, 11) is 0. The van der Waals surface area contributed by atoms with Gasteiger partial charge in [-0.1, -0.05) is 6.92 Å². The quantitative estimate of drug-likeness (QED) is 0.764. The van der Waals surface area contributed by atoms with Gasteiger partial charge in [0.1, 0.15) is 5.75 Å². The molecule has 0 radical (unpaired) electrons. The third-order valence-corrected chi connectivity index (χ3v) is 2.69. The van der Waals surface area contributed by atoms with Crippen LogP contribution in [0.3, 0.4) is 0 Å². The summed E-state index contributed by atoms with van der Waals surface area (Å²) in [5, 5.41) is 4.08. The number of alkyl halides is 2. The second-order valence-electron chi connectivity index (χ2n) is 4.22. The number of aromatic nitrogens is 2. The number of aryl methyl sites for hydroxylation is 1. The lowest BCUT2D eigenvalue weighted by atomic mass is 10.1. The van der Waals surface area contributed by atoms with Gasteiger partial charge in [0.15, 0.2) is 5.78 Å². The molecule has 2 aromatic rings. The van der Waals surface area contributed by atoms with E-state index < -0.39 is 6.61 Å². The van der Waals surface area contributed by atoms with Crippen LogP contribution in [-0.4, -0.2) is 22.2 Å². The molecular weight excluding hydrogens is 266 g/mol. The summed E-state index contributed by atoms with van der Waals surface area (Å²) in [6.45, 7) is -0.108. The molecule has 106 valence electrons. The van der Waals surface area contributed by atoms with E-state index in [1.807, 2.05) is 6.92 Å². The smallest absolute Gasteiger partial charge is 0.387 e. The highest BCUT2D eigenvalue weighted by Crippen LogP contribution is 2.17. The van der Waals surface area contributed by atoms with Crippen molar-refractivity contribution in [2.45, 2.75) is 26.5 Å². The number of halogens is 2. The van der Waals surface area contributed by atoms with E-state index in [0.717, 1.165) is 13.0 Å². The van der Waals surface area contributed by atoms with Crippen LogP contribution in [0.1, 0.15) is 29.3 Å². The number of ketones is 1. The first kappa shape index (κ1) is 14.2. The van der Waals surface area contributed by atoms with E-state index in [2.05, 4.69) is 9.84 Å². The zero-order valence-electron chi connectivity index (χ0n) is 10.9. The molecule has 0 fully saturated rings. The van der Waals surface area contributed by atoms with Crippen LogP contribution >= 0.6 is 0 Å². The Morgan fingerprint density at radius 1 is 1.30 bits per heavy atom. The lowest BCUT2D eigenvalue weighted by Crippen LogP contribution is -2.03. The molecule has 0 saturated heterocycles. The fraction of sp³-hybridized carbons (Fsp3) is 0.286. The summed E-state index contributed by atoms with van der Waals surface area (Å²) >= 11 is 0. The highest BCUT2D eigenvalue weighted by Gasteiger charge is 2.12. The fourth-order valence-electron chi connectivity index (χ4n) is 1.79. The summed E-state index contributed by atoms with van der Waals surface area (Å²) < 4.78 is 30.0. The second kappa shape index (κ2) is 6.27. The fourth-order valence-corrected chi connectivity index (χ4v) is 1.79. The number of rotatable bonds is 6.